The van der Waals surface area contributed by atoms with Gasteiger partial charge in [0.25, 0.3) is 5.78 Å². The lowest BCUT2D eigenvalue weighted by Gasteiger charge is -2.25. The molecule has 5 aromatic rings. The van der Waals surface area contributed by atoms with E-state index in [1.807, 2.05) is 78.9 Å². The first-order chi connectivity index (χ1) is 20.5. The lowest BCUT2D eigenvalue weighted by atomic mass is 9.81. The van der Waals surface area contributed by atoms with Crippen LogP contribution in [0.4, 0.5) is 5.69 Å². The Bertz CT molecular complexity index is 1900. The molecule has 0 aromatic heterocycles. The number of amides is 1. The molecule has 3 heteroatoms. The van der Waals surface area contributed by atoms with E-state index in [1.165, 1.54) is 0 Å². The van der Waals surface area contributed by atoms with Gasteiger partial charge in [-0.1, -0.05) is 135 Å². The molecular formula is C39H29NO2. The summed E-state index contributed by atoms with van der Waals surface area (Å²) in [6, 6.07) is 45.0. The molecule has 0 saturated heterocycles. The van der Waals surface area contributed by atoms with E-state index in [1.54, 1.807) is 4.90 Å². The summed E-state index contributed by atoms with van der Waals surface area (Å²) in [6.45, 7) is 4.24. The van der Waals surface area contributed by atoms with Crippen molar-refractivity contribution < 1.29 is 9.59 Å². The van der Waals surface area contributed by atoms with Crippen LogP contribution >= 0.6 is 0 Å². The first kappa shape index (κ1) is 25.7. The molecular weight excluding hydrogens is 514 g/mol. The van der Waals surface area contributed by atoms with E-state index in [-0.39, 0.29) is 5.92 Å². The summed E-state index contributed by atoms with van der Waals surface area (Å²) in [5.41, 5.74) is 10.6. The minimum Gasteiger partial charge on any atom is -0.283 e. The number of nitrogens with zero attached hydrogens (tertiary/aromatic N) is 1. The number of carbonyl (C=O) groups is 2. The molecule has 42 heavy (non-hydrogen) atoms. The molecule has 0 fully saturated rings. The van der Waals surface area contributed by atoms with E-state index in [2.05, 4.69) is 68.4 Å². The van der Waals surface area contributed by atoms with Crippen LogP contribution in [0.3, 0.4) is 0 Å². The van der Waals surface area contributed by atoms with Gasteiger partial charge in [-0.05, 0) is 51.4 Å². The lowest BCUT2D eigenvalue weighted by Crippen LogP contribution is -2.29. The van der Waals surface area contributed by atoms with E-state index in [4.69, 9.17) is 0 Å². The first-order valence-electron chi connectivity index (χ1n) is 14.3. The molecule has 0 radical (unpaired) electrons. The average molecular weight is 544 g/mol. The zero-order valence-electron chi connectivity index (χ0n) is 23.5. The SMILES string of the molecule is CC(C)c1cc2c3c(c1)C(c1ccccc1)=C(c1ccccc1)C(c1ccccc1)=C(c1ccccc1)N3C(=O)C2=O. The van der Waals surface area contributed by atoms with Gasteiger partial charge in [0.1, 0.15) is 0 Å². The van der Waals surface area contributed by atoms with Crippen molar-refractivity contribution in [2.45, 2.75) is 19.8 Å². The molecule has 2 aliphatic heterocycles. The number of rotatable bonds is 5. The Kier molecular flexibility index (Phi) is 6.28. The van der Waals surface area contributed by atoms with Crippen LogP contribution in [0.15, 0.2) is 133 Å². The van der Waals surface area contributed by atoms with Gasteiger partial charge in [0.05, 0.1) is 16.9 Å². The zero-order valence-corrected chi connectivity index (χ0v) is 23.5. The Morgan fingerprint density at radius 3 is 1.43 bits per heavy atom. The maximum absolute atomic E-state index is 14.2. The number of anilines is 1. The van der Waals surface area contributed by atoms with Crippen molar-refractivity contribution in [3.63, 3.8) is 0 Å². The Balaban J connectivity index is 1.77. The molecule has 2 aliphatic rings. The largest absolute Gasteiger partial charge is 0.304 e. The van der Waals surface area contributed by atoms with Gasteiger partial charge in [-0.2, -0.15) is 0 Å². The minimum absolute atomic E-state index is 0.166. The standard InChI is InChI=1S/C39H29NO2/c1-25(2)30-23-31-33(26-15-7-3-8-16-26)34(27-17-9-4-10-18-27)35(28-19-11-5-12-20-28)36(29-21-13-6-14-22-29)40-37(31)32(24-30)38(41)39(40)42/h3-25H,1-2H3. The van der Waals surface area contributed by atoms with Crippen LogP contribution in [0.1, 0.15) is 63.5 Å². The van der Waals surface area contributed by atoms with Crippen LogP contribution in [0.2, 0.25) is 0 Å². The Labute approximate surface area is 246 Å². The molecule has 0 unspecified atom stereocenters. The molecule has 0 aliphatic carbocycles. The normalized spacial score (nSPS) is 14.5. The maximum Gasteiger partial charge on any atom is 0.304 e. The summed E-state index contributed by atoms with van der Waals surface area (Å²) >= 11 is 0. The average Bonchev–Trinajstić information content (AvgIpc) is 3.20. The van der Waals surface area contributed by atoms with Crippen LogP contribution in [0.25, 0.3) is 22.4 Å². The van der Waals surface area contributed by atoms with Crippen LogP contribution in [-0.4, -0.2) is 11.7 Å². The number of benzene rings is 5. The van der Waals surface area contributed by atoms with Crippen LogP contribution < -0.4 is 4.90 Å². The van der Waals surface area contributed by atoms with E-state index in [0.29, 0.717) is 16.9 Å². The highest BCUT2D eigenvalue weighted by Gasteiger charge is 2.44. The predicted molar refractivity (Wildman–Crippen MR) is 171 cm³/mol. The highest BCUT2D eigenvalue weighted by molar-refractivity contribution is 6.56. The van der Waals surface area contributed by atoms with E-state index in [9.17, 15) is 9.59 Å². The molecule has 0 bridgehead atoms. The third kappa shape index (κ3) is 4.05. The first-order valence-corrected chi connectivity index (χ1v) is 14.3. The Hall–Kier alpha value is -5.28. The minimum atomic E-state index is -0.527. The number of allylic oxidation sites excluding steroid dienone is 2. The quantitative estimate of drug-likeness (QED) is 0.208. The Morgan fingerprint density at radius 2 is 0.929 bits per heavy atom. The van der Waals surface area contributed by atoms with Crippen LogP contribution in [-0.2, 0) is 4.79 Å². The summed E-state index contributed by atoms with van der Waals surface area (Å²) in [5, 5.41) is 0. The van der Waals surface area contributed by atoms with Crippen molar-refractivity contribution in [1.29, 1.82) is 0 Å². The Morgan fingerprint density at radius 1 is 0.500 bits per heavy atom. The number of Topliss-reactive ketones (excluding diaryl/α,β-unsaturated/α-hetero) is 1. The zero-order chi connectivity index (χ0) is 28.8. The second kappa shape index (κ2) is 10.3. The molecule has 202 valence electrons. The van der Waals surface area contributed by atoms with Gasteiger partial charge in [-0.15, -0.1) is 0 Å². The number of hydrogen-bond acceptors (Lipinski definition) is 2. The molecule has 0 N–H and O–H groups in total. The van der Waals surface area contributed by atoms with Gasteiger partial charge in [0, 0.05) is 16.7 Å². The van der Waals surface area contributed by atoms with Gasteiger partial charge in [0.2, 0.25) is 0 Å². The van der Waals surface area contributed by atoms with Crippen molar-refractivity contribution in [3.8, 4) is 0 Å². The van der Waals surface area contributed by atoms with Crippen molar-refractivity contribution in [2.24, 2.45) is 0 Å². The second-order valence-corrected chi connectivity index (χ2v) is 11.0. The fourth-order valence-electron chi connectivity index (χ4n) is 6.17. The predicted octanol–water partition coefficient (Wildman–Crippen LogP) is 8.88. The summed E-state index contributed by atoms with van der Waals surface area (Å²) in [7, 11) is 0. The van der Waals surface area contributed by atoms with E-state index >= 15 is 0 Å². The molecule has 5 aromatic carbocycles. The molecule has 1 amide bonds. The summed E-state index contributed by atoms with van der Waals surface area (Å²) in [6.07, 6.45) is 0. The van der Waals surface area contributed by atoms with Gasteiger partial charge in [0.15, 0.2) is 0 Å². The molecule has 0 atom stereocenters. The van der Waals surface area contributed by atoms with Crippen molar-refractivity contribution in [3.05, 3.63) is 172 Å². The van der Waals surface area contributed by atoms with Gasteiger partial charge in [-0.3, -0.25) is 14.5 Å². The van der Waals surface area contributed by atoms with Gasteiger partial charge in [-0.25, -0.2) is 0 Å². The fraction of sp³-hybridized carbons (Fsp3) is 0.0769. The molecule has 2 heterocycles. The monoisotopic (exact) mass is 543 g/mol. The molecule has 7 rings (SSSR count). The molecule has 0 spiro atoms. The van der Waals surface area contributed by atoms with Crippen LogP contribution in [0, 0.1) is 0 Å². The van der Waals surface area contributed by atoms with E-state index in [0.717, 1.165) is 50.1 Å². The summed E-state index contributed by atoms with van der Waals surface area (Å²) < 4.78 is 0. The highest BCUT2D eigenvalue weighted by atomic mass is 16.2. The molecule has 3 nitrogen and oxygen atoms in total. The van der Waals surface area contributed by atoms with Gasteiger partial charge >= 0.3 is 5.91 Å². The summed E-state index contributed by atoms with van der Waals surface area (Å²) in [5.74, 6) is -0.828. The fourth-order valence-corrected chi connectivity index (χ4v) is 6.17. The third-order valence-electron chi connectivity index (χ3n) is 8.13. The van der Waals surface area contributed by atoms with E-state index < -0.39 is 11.7 Å². The smallest absolute Gasteiger partial charge is 0.283 e. The topological polar surface area (TPSA) is 37.4 Å². The van der Waals surface area contributed by atoms with Gasteiger partial charge < -0.3 is 0 Å². The van der Waals surface area contributed by atoms with Crippen molar-refractivity contribution in [2.75, 3.05) is 4.90 Å². The summed E-state index contributed by atoms with van der Waals surface area (Å²) in [4.78, 5) is 29.7. The van der Waals surface area contributed by atoms with Crippen molar-refractivity contribution in [1.82, 2.24) is 0 Å². The maximum atomic E-state index is 14.2. The third-order valence-corrected chi connectivity index (χ3v) is 8.13. The highest BCUT2D eigenvalue weighted by Crippen LogP contribution is 2.54. The second-order valence-electron chi connectivity index (χ2n) is 11.0. The number of hydrogen-bond donors (Lipinski definition) is 0. The van der Waals surface area contributed by atoms with Crippen molar-refractivity contribution >= 4 is 39.8 Å². The number of carbonyl (C=O) groups excluding carboxylic acids is 2. The number of ketones is 1. The lowest BCUT2D eigenvalue weighted by molar-refractivity contribution is -0.113. The van der Waals surface area contributed by atoms with Crippen LogP contribution in [0.5, 0.6) is 0 Å². The molecule has 0 saturated carbocycles.